The van der Waals surface area contributed by atoms with Crippen molar-refractivity contribution in [2.75, 3.05) is 0 Å². The number of carbonyl (C=O) groups is 1. The van der Waals surface area contributed by atoms with Gasteiger partial charge in [0.05, 0.1) is 0 Å². The molecular formula is C15H21N5O2. The number of hydrogen-bond donors (Lipinski definition) is 2. The maximum Gasteiger partial charge on any atom is 0.328 e. The van der Waals surface area contributed by atoms with E-state index in [2.05, 4.69) is 15.5 Å². The first kappa shape index (κ1) is 16.1. The van der Waals surface area contributed by atoms with E-state index < -0.39 is 11.5 Å². The second-order valence-corrected chi connectivity index (χ2v) is 6.72. The van der Waals surface area contributed by atoms with Gasteiger partial charge in [-0.3, -0.25) is 0 Å². The molecule has 7 heteroatoms. The van der Waals surface area contributed by atoms with Crippen LogP contribution >= 0.6 is 0 Å². The number of carboxylic acids is 1. The number of carboxylic acid groups (broad SMARTS) is 1. The Kier molecular flexibility index (Phi) is 4.02. The summed E-state index contributed by atoms with van der Waals surface area (Å²) in [6, 6.07) is 7.02. The third-order valence-electron chi connectivity index (χ3n) is 3.47. The molecule has 0 aliphatic rings. The molecule has 1 aromatic carbocycles. The van der Waals surface area contributed by atoms with E-state index in [-0.39, 0.29) is 5.41 Å². The van der Waals surface area contributed by atoms with E-state index in [1.807, 2.05) is 20.8 Å². The summed E-state index contributed by atoms with van der Waals surface area (Å²) >= 11 is 0. The highest BCUT2D eigenvalue weighted by atomic mass is 16.4. The Morgan fingerprint density at radius 1 is 1.27 bits per heavy atom. The smallest absolute Gasteiger partial charge is 0.328 e. The Morgan fingerprint density at radius 2 is 1.86 bits per heavy atom. The topological polar surface area (TPSA) is 107 Å². The molecule has 1 aromatic heterocycles. The van der Waals surface area contributed by atoms with Crippen molar-refractivity contribution in [2.24, 2.45) is 18.2 Å². The monoisotopic (exact) mass is 303 g/mol. The zero-order valence-electron chi connectivity index (χ0n) is 13.2. The summed E-state index contributed by atoms with van der Waals surface area (Å²) in [5, 5.41) is 20.9. The lowest BCUT2D eigenvalue weighted by Gasteiger charge is -2.32. The van der Waals surface area contributed by atoms with Crippen LogP contribution in [0.3, 0.4) is 0 Å². The van der Waals surface area contributed by atoms with Gasteiger partial charge in [0.25, 0.3) is 0 Å². The SMILES string of the molecule is Cn1nnnc1-c1ccc([C@](N)(CC(C)(C)C)C(=O)O)cc1. The van der Waals surface area contributed by atoms with E-state index in [4.69, 9.17) is 5.73 Å². The van der Waals surface area contributed by atoms with Crippen molar-refractivity contribution in [2.45, 2.75) is 32.7 Å². The summed E-state index contributed by atoms with van der Waals surface area (Å²) in [5.41, 5.74) is 5.94. The molecule has 2 rings (SSSR count). The van der Waals surface area contributed by atoms with Crippen molar-refractivity contribution in [3.63, 3.8) is 0 Å². The molecule has 3 N–H and O–H groups in total. The molecule has 0 aliphatic heterocycles. The van der Waals surface area contributed by atoms with E-state index >= 15 is 0 Å². The average Bonchev–Trinajstić information content (AvgIpc) is 2.83. The van der Waals surface area contributed by atoms with Gasteiger partial charge in [-0.05, 0) is 27.8 Å². The minimum Gasteiger partial charge on any atom is -0.480 e. The number of nitrogens with zero attached hydrogens (tertiary/aromatic N) is 4. The number of aliphatic carboxylic acids is 1. The molecule has 7 nitrogen and oxygen atoms in total. The molecule has 118 valence electrons. The zero-order chi connectivity index (χ0) is 16.5. The van der Waals surface area contributed by atoms with Crippen LogP contribution in [0.4, 0.5) is 0 Å². The van der Waals surface area contributed by atoms with Crippen LogP contribution in [0.1, 0.15) is 32.8 Å². The second kappa shape index (κ2) is 5.49. The maximum absolute atomic E-state index is 11.7. The Balaban J connectivity index is 2.39. The lowest BCUT2D eigenvalue weighted by atomic mass is 9.76. The predicted octanol–water partition coefficient (Wildman–Crippen LogP) is 1.55. The normalized spacial score (nSPS) is 14.6. The number of rotatable bonds is 4. The third-order valence-corrected chi connectivity index (χ3v) is 3.47. The van der Waals surface area contributed by atoms with Gasteiger partial charge >= 0.3 is 5.97 Å². The van der Waals surface area contributed by atoms with Crippen LogP contribution < -0.4 is 5.73 Å². The van der Waals surface area contributed by atoms with Crippen LogP contribution in [0.2, 0.25) is 0 Å². The summed E-state index contributed by atoms with van der Waals surface area (Å²) in [6.45, 7) is 5.91. The molecule has 0 fully saturated rings. The van der Waals surface area contributed by atoms with Gasteiger partial charge < -0.3 is 10.8 Å². The van der Waals surface area contributed by atoms with Gasteiger partial charge in [0.2, 0.25) is 0 Å². The summed E-state index contributed by atoms with van der Waals surface area (Å²) in [5.74, 6) is -0.421. The predicted molar refractivity (Wildman–Crippen MR) is 81.8 cm³/mol. The molecule has 1 atom stereocenters. The van der Waals surface area contributed by atoms with Crippen molar-refractivity contribution < 1.29 is 9.90 Å². The van der Waals surface area contributed by atoms with Gasteiger partial charge in [-0.2, -0.15) is 0 Å². The van der Waals surface area contributed by atoms with E-state index in [1.54, 1.807) is 36.0 Å². The summed E-state index contributed by atoms with van der Waals surface area (Å²) in [4.78, 5) is 11.7. The molecule has 0 radical (unpaired) electrons. The minimum atomic E-state index is -1.42. The quantitative estimate of drug-likeness (QED) is 0.887. The number of benzene rings is 1. The highest BCUT2D eigenvalue weighted by Gasteiger charge is 2.39. The van der Waals surface area contributed by atoms with Gasteiger partial charge in [0.15, 0.2) is 5.82 Å². The van der Waals surface area contributed by atoms with Crippen LogP contribution in [0.25, 0.3) is 11.4 Å². The summed E-state index contributed by atoms with van der Waals surface area (Å²) < 4.78 is 1.55. The second-order valence-electron chi connectivity index (χ2n) is 6.72. The van der Waals surface area contributed by atoms with Gasteiger partial charge in [-0.1, -0.05) is 45.0 Å². The average molecular weight is 303 g/mol. The van der Waals surface area contributed by atoms with E-state index in [9.17, 15) is 9.90 Å². The van der Waals surface area contributed by atoms with Gasteiger partial charge in [0, 0.05) is 12.6 Å². The minimum absolute atomic E-state index is 0.209. The molecule has 0 saturated heterocycles. The lowest BCUT2D eigenvalue weighted by molar-refractivity contribution is -0.145. The van der Waals surface area contributed by atoms with Crippen LogP contribution in [0.15, 0.2) is 24.3 Å². The van der Waals surface area contributed by atoms with Crippen LogP contribution in [0, 0.1) is 5.41 Å². The molecule has 1 heterocycles. The van der Waals surface area contributed by atoms with Gasteiger partial charge in [0.1, 0.15) is 5.54 Å². The standard InChI is InChI=1S/C15H21N5O2/c1-14(2,3)9-15(16,13(21)22)11-7-5-10(6-8-11)12-17-18-19-20(12)4/h5-8H,9,16H2,1-4H3,(H,21,22)/t15-/m1/s1. The Bertz CT molecular complexity index is 672. The molecule has 0 unspecified atom stereocenters. The number of nitrogens with two attached hydrogens (primary N) is 1. The Hall–Kier alpha value is -2.28. The van der Waals surface area contributed by atoms with Crippen molar-refractivity contribution in [1.29, 1.82) is 0 Å². The molecule has 0 amide bonds. The molecular weight excluding hydrogens is 282 g/mol. The molecule has 22 heavy (non-hydrogen) atoms. The van der Waals surface area contributed by atoms with Crippen molar-refractivity contribution in [1.82, 2.24) is 20.2 Å². The van der Waals surface area contributed by atoms with Crippen molar-refractivity contribution in [3.05, 3.63) is 29.8 Å². The molecule has 2 aromatic rings. The summed E-state index contributed by atoms with van der Waals surface area (Å²) in [7, 11) is 1.74. The first-order chi connectivity index (χ1) is 10.1. The Morgan fingerprint density at radius 3 is 2.27 bits per heavy atom. The lowest BCUT2D eigenvalue weighted by Crippen LogP contribution is -2.47. The van der Waals surface area contributed by atoms with Crippen LogP contribution in [0.5, 0.6) is 0 Å². The summed E-state index contributed by atoms with van der Waals surface area (Å²) in [6.07, 6.45) is 0.334. The third kappa shape index (κ3) is 3.14. The van der Waals surface area contributed by atoms with Gasteiger partial charge in [-0.15, -0.1) is 5.10 Å². The number of hydrogen-bond acceptors (Lipinski definition) is 5. The first-order valence-corrected chi connectivity index (χ1v) is 6.99. The largest absolute Gasteiger partial charge is 0.480 e. The number of aryl methyl sites for hydroxylation is 1. The molecule has 0 aliphatic carbocycles. The van der Waals surface area contributed by atoms with Crippen molar-refractivity contribution >= 4 is 5.97 Å². The van der Waals surface area contributed by atoms with Crippen LogP contribution in [-0.2, 0) is 17.4 Å². The first-order valence-electron chi connectivity index (χ1n) is 6.99. The molecule has 0 saturated carbocycles. The molecule has 0 bridgehead atoms. The van der Waals surface area contributed by atoms with E-state index in [1.165, 1.54) is 0 Å². The van der Waals surface area contributed by atoms with Crippen molar-refractivity contribution in [3.8, 4) is 11.4 Å². The highest BCUT2D eigenvalue weighted by Crippen LogP contribution is 2.34. The zero-order valence-corrected chi connectivity index (χ0v) is 13.2. The Labute approximate surface area is 129 Å². The number of aromatic nitrogens is 4. The fraction of sp³-hybridized carbons (Fsp3) is 0.467. The van der Waals surface area contributed by atoms with E-state index in [0.29, 0.717) is 17.8 Å². The fourth-order valence-electron chi connectivity index (χ4n) is 2.53. The molecule has 0 spiro atoms. The van der Waals surface area contributed by atoms with Gasteiger partial charge in [-0.25, -0.2) is 9.48 Å². The maximum atomic E-state index is 11.7. The number of tetrazole rings is 1. The van der Waals surface area contributed by atoms with E-state index in [0.717, 1.165) is 5.56 Å². The van der Waals surface area contributed by atoms with Crippen LogP contribution in [-0.4, -0.2) is 31.3 Å². The highest BCUT2D eigenvalue weighted by molar-refractivity contribution is 5.80. The fourth-order valence-corrected chi connectivity index (χ4v) is 2.53.